The van der Waals surface area contributed by atoms with E-state index in [9.17, 15) is 0 Å². The van der Waals surface area contributed by atoms with Crippen molar-refractivity contribution in [3.63, 3.8) is 0 Å². The number of aromatic amines is 2. The number of benzene rings is 12. The Morgan fingerprint density at radius 2 is 0.431 bits per heavy atom. The molecule has 0 fully saturated rings. The molecule has 0 unspecified atom stereocenters. The first-order valence-electron chi connectivity index (χ1n) is 49.8. The van der Waals surface area contributed by atoms with Gasteiger partial charge in [0.2, 0.25) is 0 Å². The molecule has 0 bridgehead atoms. The monoisotopic (exact) mass is 1870 g/mol. The van der Waals surface area contributed by atoms with E-state index in [4.69, 9.17) is 13.3 Å². The minimum absolute atomic E-state index is 0.910. The summed E-state index contributed by atoms with van der Waals surface area (Å²) < 4.78 is 52.5. The molecule has 35 heterocycles. The second kappa shape index (κ2) is 20.3. The highest BCUT2D eigenvalue weighted by Gasteiger charge is 2.42. The third-order valence-corrected chi connectivity index (χ3v) is 40.7. The van der Waals surface area contributed by atoms with Crippen LogP contribution < -0.4 is 0 Å². The van der Waals surface area contributed by atoms with Gasteiger partial charge in [-0.3, -0.25) is 0 Å². The molecule has 17 heteroatoms. The number of furan rings is 3. The number of pyridine rings is 9. The molecule has 0 saturated carbocycles. The lowest BCUT2D eigenvalue weighted by molar-refractivity contribution is 0.671. The lowest BCUT2D eigenvalue weighted by Crippen LogP contribution is -2.01. The van der Waals surface area contributed by atoms with Gasteiger partial charge in [0.1, 0.15) is 16.7 Å². The number of nitrogens with zero attached hydrogens (tertiary/aromatic N) is 9. The molecule has 0 aliphatic heterocycles. The zero-order valence-corrected chi connectivity index (χ0v) is 77.1. The highest BCUT2D eigenvalue weighted by atomic mass is 32.1. The molecule has 48 rings (SSSR count). The van der Waals surface area contributed by atoms with Gasteiger partial charge in [0, 0.05) is 215 Å². The maximum Gasteiger partial charge on any atom is 0.160 e. The molecule has 35 aromatic heterocycles. The summed E-state index contributed by atoms with van der Waals surface area (Å²) in [4.78, 5) is 7.95. The molecule has 144 heavy (non-hydrogen) atoms. The number of aromatic nitrogens is 11. The summed E-state index contributed by atoms with van der Waals surface area (Å²) in [7, 11) is 0. The van der Waals surface area contributed by atoms with Crippen molar-refractivity contribution in [3.05, 3.63) is 284 Å². The maximum absolute atomic E-state index is 6.95. The Morgan fingerprint density at radius 1 is 0.181 bits per heavy atom. The van der Waals surface area contributed by atoms with Gasteiger partial charge in [-0.05, 0) is 180 Å². The lowest BCUT2D eigenvalue weighted by Gasteiger charge is -2.19. The summed E-state index contributed by atoms with van der Waals surface area (Å²) in [6, 6.07) is 103. The molecule has 0 atom stereocenters. The van der Waals surface area contributed by atoms with Crippen LogP contribution in [0.25, 0.3) is 427 Å². The third kappa shape index (κ3) is 6.16. The van der Waals surface area contributed by atoms with E-state index in [0.29, 0.717) is 0 Å². The number of hydrogen-bond donors (Lipinski definition) is 2. The highest BCUT2D eigenvalue weighted by molar-refractivity contribution is 7.28. The molecule has 648 valence electrons. The summed E-state index contributed by atoms with van der Waals surface area (Å²) in [5.74, 6) is 0. The van der Waals surface area contributed by atoms with Gasteiger partial charge in [0.25, 0.3) is 0 Å². The van der Waals surface area contributed by atoms with Crippen molar-refractivity contribution < 1.29 is 13.3 Å². The van der Waals surface area contributed by atoms with Crippen molar-refractivity contribution in [2.45, 2.75) is 6.42 Å². The minimum atomic E-state index is 0.910. The average molecular weight is 1870 g/mol. The van der Waals surface area contributed by atoms with E-state index in [1.807, 2.05) is 34.0 Å². The van der Waals surface area contributed by atoms with Crippen LogP contribution >= 0.6 is 34.0 Å². The Bertz CT molecular complexity index is 13200. The quantitative estimate of drug-likeness (QED) is 0.148. The van der Waals surface area contributed by atoms with Crippen LogP contribution in [0.4, 0.5) is 0 Å². The Labute approximate surface area is 807 Å². The topological polar surface area (TPSA) is 111 Å². The van der Waals surface area contributed by atoms with Crippen molar-refractivity contribution in [2.75, 3.05) is 0 Å². The summed E-state index contributed by atoms with van der Waals surface area (Å²) in [5, 5.41) is 47.4. The fourth-order valence-corrected chi connectivity index (χ4v) is 36.4. The van der Waals surface area contributed by atoms with Crippen LogP contribution in [0.2, 0.25) is 0 Å². The van der Waals surface area contributed by atoms with E-state index in [-0.39, 0.29) is 0 Å². The molecule has 0 radical (unpaired) electrons. The van der Waals surface area contributed by atoms with E-state index in [0.717, 1.165) is 73.0 Å². The first-order chi connectivity index (χ1) is 71.5. The summed E-state index contributed by atoms with van der Waals surface area (Å²) >= 11 is 5.92. The standard InChI is InChI=1S/C43H19N5.C42H15N3O3.C42H15N3S3/c1-4-17-16-21-27-11-10-25-19-6-2-8-22-31(19)34-37-41(46(25)27)36-33(21)30(17)18(5-1)24-12-14-28-39-35-32-20(7-3-9-23(32)45-39)26-13-15-29(40(34)44-22)48(26)43(37)38(35)42(36)47(24)28;2*1-4-16-19-10-13-23-41-32-29-18(6-3-8-26(29)47-41)21-12-15-24-42-33-30-17(5-2-9-27(30)48-42)20-11-14-22-40-31(28(16)25(7-1)46-40)34-37(43(19)23)35(32)39(45(21)24)36(33)38(34)44(20)22/h1-15,44-45H,16H2;2*1-15H. The molecular formula is C127H49N11O3S3. The Kier molecular flexibility index (Phi) is 9.45. The van der Waals surface area contributed by atoms with Crippen molar-refractivity contribution in [3.8, 4) is 0 Å². The molecule has 0 spiro atoms. The van der Waals surface area contributed by atoms with Crippen LogP contribution in [-0.4, -0.2) is 49.6 Å². The van der Waals surface area contributed by atoms with Crippen LogP contribution in [0.3, 0.4) is 0 Å². The van der Waals surface area contributed by atoms with Gasteiger partial charge in [-0.2, -0.15) is 0 Å². The fraction of sp³-hybridized carbons (Fsp3) is 0.00787. The Hall–Kier alpha value is -18.5. The second-order valence-electron chi connectivity index (χ2n) is 42.5. The van der Waals surface area contributed by atoms with Crippen LogP contribution in [-0.2, 0) is 6.42 Å². The molecule has 1 aliphatic carbocycles. The van der Waals surface area contributed by atoms with Gasteiger partial charge in [-0.15, -0.1) is 34.0 Å². The highest BCUT2D eigenvalue weighted by Crippen LogP contribution is 2.65. The first kappa shape index (κ1) is 66.9. The van der Waals surface area contributed by atoms with E-state index < -0.39 is 0 Å². The fourth-order valence-electron chi connectivity index (χ4n) is 32.6. The summed E-state index contributed by atoms with van der Waals surface area (Å²) in [6.45, 7) is 0. The van der Waals surface area contributed by atoms with E-state index >= 15 is 0 Å². The summed E-state index contributed by atoms with van der Waals surface area (Å²) in [6.07, 6.45) is 0.956. The van der Waals surface area contributed by atoms with Crippen LogP contribution in [0.1, 0.15) is 11.1 Å². The number of hydrogen-bond acceptors (Lipinski definition) is 6. The Morgan fingerprint density at radius 3 is 0.792 bits per heavy atom. The lowest BCUT2D eigenvalue weighted by atomic mass is 9.94. The number of fused-ring (bicyclic) bond motifs is 18. The van der Waals surface area contributed by atoms with Gasteiger partial charge >= 0.3 is 0 Å². The number of rotatable bonds is 0. The average Bonchev–Trinajstić information content (AvgIpc) is 1.48. The van der Waals surface area contributed by atoms with Crippen molar-refractivity contribution >= 4 is 461 Å². The molecule has 1 aliphatic rings. The van der Waals surface area contributed by atoms with Crippen LogP contribution in [0.5, 0.6) is 0 Å². The van der Waals surface area contributed by atoms with Crippen molar-refractivity contribution in [1.29, 1.82) is 0 Å². The molecule has 0 saturated heterocycles. The second-order valence-corrected chi connectivity index (χ2v) is 45.6. The molecule has 14 nitrogen and oxygen atoms in total. The predicted octanol–water partition coefficient (Wildman–Crippen LogP) is 35.7. The maximum atomic E-state index is 6.95. The van der Waals surface area contributed by atoms with Crippen LogP contribution in [0.15, 0.2) is 286 Å². The molecule has 2 N–H and O–H groups in total. The van der Waals surface area contributed by atoms with Crippen LogP contribution in [0, 0.1) is 0 Å². The molecular weight excluding hydrogens is 1820 g/mol. The number of H-pyrrole nitrogens is 2. The predicted molar refractivity (Wildman–Crippen MR) is 603 cm³/mol. The SMILES string of the molecule is c1cc2[nH]c3c4c2c(c1)c1ccc2c5c6c7c(cccc7c7ccc8c9[nH]c%10cccc%11c%10c9c9c(c6c(c4c9n4c%11ccc34)n21)n78)C5.c1cc2oc3c4c2c(c1)c1ccc2c5oc6cccc7c6c5c5c(c4c4c6c8c(oc9cccc(c98)c8ccc3n84)c3ccc7n3c56)n12.c1cc2sc3c4c2c(c1)c1ccc2c5sc6cccc7c6c5c5c(c4c4c6c8c(sc9cccc(c98)c8ccc3n84)c3ccc7n3c56)n12. The normalized spacial score (nSPS) is 14.4. The number of thiophene rings is 3. The zero-order valence-electron chi connectivity index (χ0n) is 74.7. The smallest absolute Gasteiger partial charge is 0.160 e. The van der Waals surface area contributed by atoms with E-state index in [1.165, 1.54) is 371 Å². The zero-order chi connectivity index (χ0) is 90.1. The summed E-state index contributed by atoms with van der Waals surface area (Å²) in [5.41, 5.74) is 47.3. The third-order valence-electron chi connectivity index (χ3n) is 37.2. The Balaban J connectivity index is 0.0000000792. The van der Waals surface area contributed by atoms with Gasteiger partial charge in [0.15, 0.2) is 16.7 Å². The largest absolute Gasteiger partial charge is 0.454 e. The van der Waals surface area contributed by atoms with Gasteiger partial charge in [0.05, 0.1) is 174 Å². The molecule has 47 aromatic rings. The minimum Gasteiger partial charge on any atom is -0.454 e. The van der Waals surface area contributed by atoms with Gasteiger partial charge < -0.3 is 62.8 Å². The van der Waals surface area contributed by atoms with E-state index in [2.05, 4.69) is 323 Å². The van der Waals surface area contributed by atoms with Gasteiger partial charge in [-0.25, -0.2) is 0 Å². The van der Waals surface area contributed by atoms with Crippen molar-refractivity contribution in [2.24, 2.45) is 0 Å². The van der Waals surface area contributed by atoms with Gasteiger partial charge in [-0.1, -0.05) is 115 Å². The molecule has 12 aromatic carbocycles. The van der Waals surface area contributed by atoms with E-state index in [1.54, 1.807) is 0 Å². The van der Waals surface area contributed by atoms with Crippen molar-refractivity contribution in [1.82, 2.24) is 49.6 Å². The molecule has 0 amide bonds. The first-order valence-corrected chi connectivity index (χ1v) is 52.3. The number of nitrogens with one attached hydrogen (secondary N) is 2.